The van der Waals surface area contributed by atoms with Crippen LogP contribution in [0.3, 0.4) is 0 Å². The van der Waals surface area contributed by atoms with Gasteiger partial charge in [0, 0.05) is 6.20 Å². The summed E-state index contributed by atoms with van der Waals surface area (Å²) < 4.78 is 0. The molecule has 0 bridgehead atoms. The van der Waals surface area contributed by atoms with E-state index >= 15 is 0 Å². The van der Waals surface area contributed by atoms with Crippen molar-refractivity contribution in [2.24, 2.45) is 0 Å². The Morgan fingerprint density at radius 2 is 2.45 bits per heavy atom. The molecule has 3 nitrogen and oxygen atoms in total. The molecule has 1 aromatic rings. The molecule has 0 fully saturated rings. The van der Waals surface area contributed by atoms with Gasteiger partial charge in [-0.3, -0.25) is 0 Å². The molecule has 11 heavy (non-hydrogen) atoms. The number of nitrogens with one attached hydrogen (secondary N) is 1. The van der Waals surface area contributed by atoms with Crippen LogP contribution in [0, 0.1) is 11.3 Å². The van der Waals surface area contributed by atoms with Crippen LogP contribution >= 0.6 is 12.2 Å². The second-order valence-electron chi connectivity index (χ2n) is 1.81. The maximum Gasteiger partial charge on any atom is 0.130 e. The first-order chi connectivity index (χ1) is 5.36. The van der Waals surface area contributed by atoms with Crippen LogP contribution in [-0.4, -0.2) is 10.5 Å². The van der Waals surface area contributed by atoms with Crippen LogP contribution < -0.4 is 5.32 Å². The zero-order valence-electron chi connectivity index (χ0n) is 5.61. The van der Waals surface area contributed by atoms with Gasteiger partial charge in [-0.1, -0.05) is 12.2 Å². The van der Waals surface area contributed by atoms with Crippen LogP contribution in [-0.2, 0) is 0 Å². The molecule has 54 valence electrons. The highest BCUT2D eigenvalue weighted by Gasteiger charge is 1.90. The number of aromatic nitrogens is 1. The van der Waals surface area contributed by atoms with Crippen molar-refractivity contribution in [1.29, 1.82) is 5.26 Å². The summed E-state index contributed by atoms with van der Waals surface area (Å²) in [5, 5.41) is 11.1. The first kappa shape index (κ1) is 7.63. The van der Waals surface area contributed by atoms with Crippen molar-refractivity contribution in [3.8, 4) is 6.07 Å². The normalized spacial score (nSPS) is 8.27. The third-order valence-electron chi connectivity index (χ3n) is 1.10. The molecule has 0 aliphatic carbocycles. The monoisotopic (exact) mass is 163 g/mol. The smallest absolute Gasteiger partial charge is 0.130 e. The molecule has 0 atom stereocenters. The lowest BCUT2D eigenvalue weighted by Crippen LogP contribution is -1.94. The van der Waals surface area contributed by atoms with Crippen LogP contribution in [0.25, 0.3) is 0 Å². The van der Waals surface area contributed by atoms with Gasteiger partial charge in [0.1, 0.15) is 11.9 Å². The van der Waals surface area contributed by atoms with Gasteiger partial charge in [0.2, 0.25) is 0 Å². The molecular weight excluding hydrogens is 158 g/mol. The Hall–Kier alpha value is -1.47. The Balaban J connectivity index is 2.84. The van der Waals surface area contributed by atoms with Gasteiger partial charge >= 0.3 is 0 Å². The van der Waals surface area contributed by atoms with Crippen molar-refractivity contribution >= 4 is 23.5 Å². The maximum atomic E-state index is 8.42. The highest BCUT2D eigenvalue weighted by molar-refractivity contribution is 7.79. The summed E-state index contributed by atoms with van der Waals surface area (Å²) in [5.74, 6) is 0.652. The molecule has 1 N–H and O–H groups in total. The van der Waals surface area contributed by atoms with Gasteiger partial charge in [-0.2, -0.15) is 5.26 Å². The zero-order chi connectivity index (χ0) is 8.10. The predicted octanol–water partition coefficient (Wildman–Crippen LogP) is 1.32. The molecular formula is C7H5N3S. The fourth-order valence-electron chi connectivity index (χ4n) is 0.606. The van der Waals surface area contributed by atoms with Crippen molar-refractivity contribution in [3.05, 3.63) is 23.9 Å². The van der Waals surface area contributed by atoms with Crippen molar-refractivity contribution in [3.63, 3.8) is 0 Å². The van der Waals surface area contributed by atoms with Gasteiger partial charge in [-0.25, -0.2) is 4.98 Å². The molecule has 0 spiro atoms. The van der Waals surface area contributed by atoms with Crippen LogP contribution in [0.1, 0.15) is 5.56 Å². The van der Waals surface area contributed by atoms with E-state index in [2.05, 4.69) is 22.5 Å². The summed E-state index contributed by atoms with van der Waals surface area (Å²) in [6, 6.07) is 5.34. The summed E-state index contributed by atoms with van der Waals surface area (Å²) in [6.07, 6.45) is 1.49. The summed E-state index contributed by atoms with van der Waals surface area (Å²) in [5.41, 5.74) is 1.91. The Labute approximate surface area is 69.7 Å². The predicted molar refractivity (Wildman–Crippen MR) is 46.2 cm³/mol. The van der Waals surface area contributed by atoms with Crippen LogP contribution in [0.15, 0.2) is 18.3 Å². The molecule has 0 saturated carbocycles. The average molecular weight is 163 g/mol. The maximum absolute atomic E-state index is 8.42. The van der Waals surface area contributed by atoms with Crippen LogP contribution in [0.5, 0.6) is 0 Å². The highest BCUT2D eigenvalue weighted by atomic mass is 32.1. The quantitative estimate of drug-likeness (QED) is 0.668. The fraction of sp³-hybridized carbons (Fsp3) is 0. The molecule has 0 radical (unpaired) electrons. The molecule has 0 aliphatic heterocycles. The van der Waals surface area contributed by atoms with Gasteiger partial charge in [0.25, 0.3) is 0 Å². The largest absolute Gasteiger partial charge is 0.337 e. The average Bonchev–Trinajstić information content (AvgIpc) is 2.07. The molecule has 0 amide bonds. The van der Waals surface area contributed by atoms with E-state index < -0.39 is 0 Å². The fourth-order valence-corrected chi connectivity index (χ4v) is 0.726. The minimum Gasteiger partial charge on any atom is -0.337 e. The number of pyridine rings is 1. The second kappa shape index (κ2) is 3.64. The lowest BCUT2D eigenvalue weighted by molar-refractivity contribution is 1.30. The summed E-state index contributed by atoms with van der Waals surface area (Å²) in [7, 11) is 0. The van der Waals surface area contributed by atoms with E-state index in [9.17, 15) is 0 Å². The Kier molecular flexibility index (Phi) is 2.53. The molecule has 0 saturated heterocycles. The number of rotatable bonds is 2. The number of hydrogen-bond acceptors (Lipinski definition) is 3. The topological polar surface area (TPSA) is 48.7 Å². The summed E-state index contributed by atoms with van der Waals surface area (Å²) in [4.78, 5) is 3.91. The molecule has 0 aliphatic rings. The van der Waals surface area contributed by atoms with E-state index in [1.165, 1.54) is 11.7 Å². The molecule has 1 heterocycles. The van der Waals surface area contributed by atoms with E-state index in [0.717, 1.165) is 0 Å². The third kappa shape index (κ3) is 1.99. The first-order valence-electron chi connectivity index (χ1n) is 2.93. The molecule has 1 aromatic heterocycles. The Morgan fingerprint density at radius 3 is 2.91 bits per heavy atom. The van der Waals surface area contributed by atoms with Gasteiger partial charge in [-0.05, 0) is 12.1 Å². The first-order valence-corrected chi connectivity index (χ1v) is 3.40. The van der Waals surface area contributed by atoms with Crippen LogP contribution in [0.2, 0.25) is 0 Å². The number of anilines is 1. The number of nitriles is 1. The minimum atomic E-state index is 0.542. The molecule has 4 heteroatoms. The second-order valence-corrected chi connectivity index (χ2v) is 2.04. The molecule has 0 unspecified atom stereocenters. The highest BCUT2D eigenvalue weighted by Crippen LogP contribution is 2.01. The van der Waals surface area contributed by atoms with Crippen molar-refractivity contribution in [2.45, 2.75) is 0 Å². The van der Waals surface area contributed by atoms with Gasteiger partial charge < -0.3 is 5.32 Å². The minimum absolute atomic E-state index is 0.542. The summed E-state index contributed by atoms with van der Waals surface area (Å²) >= 11 is 4.55. The van der Waals surface area contributed by atoms with Gasteiger partial charge in [0.15, 0.2) is 0 Å². The number of hydrogen-bond donors (Lipinski definition) is 1. The lowest BCUT2D eigenvalue weighted by atomic mass is 10.3. The van der Waals surface area contributed by atoms with E-state index in [4.69, 9.17) is 5.26 Å². The Morgan fingerprint density at radius 1 is 1.64 bits per heavy atom. The zero-order valence-corrected chi connectivity index (χ0v) is 6.43. The standard InChI is InChI=1S/C7H5N3S/c8-3-6-1-2-7(9-4-6)10-5-11/h1-2,4-5H,(H,9,10,11). The van der Waals surface area contributed by atoms with E-state index in [0.29, 0.717) is 11.4 Å². The van der Waals surface area contributed by atoms with Crippen molar-refractivity contribution in [1.82, 2.24) is 4.98 Å². The molecule has 1 rings (SSSR count). The van der Waals surface area contributed by atoms with E-state index in [1.54, 1.807) is 12.1 Å². The Bertz CT molecular complexity index is 286. The van der Waals surface area contributed by atoms with Crippen molar-refractivity contribution in [2.75, 3.05) is 5.32 Å². The lowest BCUT2D eigenvalue weighted by Gasteiger charge is -1.95. The van der Waals surface area contributed by atoms with Crippen LogP contribution in [0.4, 0.5) is 5.82 Å². The van der Waals surface area contributed by atoms with E-state index in [-0.39, 0.29) is 0 Å². The summed E-state index contributed by atoms with van der Waals surface area (Å²) in [6.45, 7) is 0. The SMILES string of the molecule is N#Cc1ccc(NC=S)nc1. The van der Waals surface area contributed by atoms with Gasteiger partial charge in [0.05, 0.1) is 11.1 Å². The number of thiocarbonyl (C=S) groups is 1. The molecule has 0 aromatic carbocycles. The third-order valence-corrected chi connectivity index (χ3v) is 1.22. The van der Waals surface area contributed by atoms with E-state index in [1.807, 2.05) is 6.07 Å². The van der Waals surface area contributed by atoms with Gasteiger partial charge in [-0.15, -0.1) is 0 Å². The van der Waals surface area contributed by atoms with Crippen molar-refractivity contribution < 1.29 is 0 Å². The number of nitrogens with zero attached hydrogens (tertiary/aromatic N) is 2.